The maximum Gasteiger partial charge on any atom is 0.275 e. The molecule has 0 saturated heterocycles. The van der Waals surface area contributed by atoms with Gasteiger partial charge >= 0.3 is 0 Å². The van der Waals surface area contributed by atoms with E-state index in [2.05, 4.69) is 20.3 Å². The fraction of sp³-hybridized carbons (Fsp3) is 0.0435. The zero-order valence-corrected chi connectivity index (χ0v) is 18.6. The van der Waals surface area contributed by atoms with Crippen molar-refractivity contribution in [3.05, 3.63) is 102 Å². The molecule has 0 fully saturated rings. The van der Waals surface area contributed by atoms with Gasteiger partial charge in [0.25, 0.3) is 5.91 Å². The molecule has 5 nitrogen and oxygen atoms in total. The van der Waals surface area contributed by atoms with Crippen LogP contribution in [0.1, 0.15) is 16.1 Å². The number of aromatic nitrogens is 3. The molecule has 0 aliphatic rings. The predicted molar refractivity (Wildman–Crippen MR) is 126 cm³/mol. The van der Waals surface area contributed by atoms with Gasteiger partial charge in [-0.3, -0.25) is 9.78 Å². The zero-order chi connectivity index (χ0) is 21.5. The third-order valence-electron chi connectivity index (χ3n) is 4.14. The Morgan fingerprint density at radius 3 is 2.45 bits per heavy atom. The summed E-state index contributed by atoms with van der Waals surface area (Å²) in [6.07, 6.45) is 4.96. The van der Waals surface area contributed by atoms with Gasteiger partial charge in [-0.15, -0.1) is 0 Å². The first kappa shape index (κ1) is 21.4. The molecule has 0 atom stereocenters. The van der Waals surface area contributed by atoms with Crippen LogP contribution in [0.4, 0.5) is 5.69 Å². The summed E-state index contributed by atoms with van der Waals surface area (Å²) in [6.45, 7) is 0. The number of pyridine rings is 1. The molecule has 0 saturated carbocycles. The Balaban J connectivity index is 1.58. The van der Waals surface area contributed by atoms with Gasteiger partial charge in [0, 0.05) is 39.9 Å². The quantitative estimate of drug-likeness (QED) is 0.258. The Morgan fingerprint density at radius 2 is 1.71 bits per heavy atom. The Morgan fingerprint density at radius 1 is 0.968 bits per heavy atom. The highest BCUT2D eigenvalue weighted by Gasteiger charge is 2.17. The highest BCUT2D eigenvalue weighted by atomic mass is 35.5. The first-order valence-corrected chi connectivity index (χ1v) is 11.5. The van der Waals surface area contributed by atoms with Gasteiger partial charge < -0.3 is 5.32 Å². The summed E-state index contributed by atoms with van der Waals surface area (Å²) in [5.74, 6) is 0.383. The van der Waals surface area contributed by atoms with E-state index in [4.69, 9.17) is 11.6 Å². The highest BCUT2D eigenvalue weighted by Crippen LogP contribution is 2.31. The van der Waals surface area contributed by atoms with E-state index in [1.807, 2.05) is 54.6 Å². The molecule has 0 radical (unpaired) electrons. The molecule has 4 rings (SSSR count). The number of amides is 1. The van der Waals surface area contributed by atoms with Crippen molar-refractivity contribution in [1.29, 1.82) is 0 Å². The lowest BCUT2D eigenvalue weighted by molar-refractivity contribution is 0.101. The van der Waals surface area contributed by atoms with Crippen LogP contribution in [0.2, 0.25) is 5.02 Å². The van der Waals surface area contributed by atoms with Crippen molar-refractivity contribution < 1.29 is 4.79 Å². The number of nitrogens with zero attached hydrogens (tertiary/aromatic N) is 3. The number of halogens is 1. The van der Waals surface area contributed by atoms with E-state index >= 15 is 0 Å². The molecule has 8 heteroatoms. The lowest BCUT2D eigenvalue weighted by Crippen LogP contribution is -2.16. The SMILES string of the molecule is O=C(Nc1ccncc1)c1nc(SCc2ccc(Cl)cc2)ncc1Sc1ccccc1. The van der Waals surface area contributed by atoms with Crippen LogP contribution in [-0.2, 0) is 5.75 Å². The minimum atomic E-state index is -0.291. The molecule has 0 aliphatic heterocycles. The molecule has 2 aromatic carbocycles. The van der Waals surface area contributed by atoms with Crippen LogP contribution in [-0.4, -0.2) is 20.9 Å². The first-order valence-electron chi connectivity index (χ1n) is 9.36. The van der Waals surface area contributed by atoms with Gasteiger partial charge in [0.05, 0.1) is 4.90 Å². The van der Waals surface area contributed by atoms with Crippen LogP contribution in [0.3, 0.4) is 0 Å². The van der Waals surface area contributed by atoms with Crippen LogP contribution in [0, 0.1) is 0 Å². The summed E-state index contributed by atoms with van der Waals surface area (Å²) in [4.78, 5) is 27.7. The molecule has 1 N–H and O–H groups in total. The summed E-state index contributed by atoms with van der Waals surface area (Å²) in [5.41, 5.74) is 2.09. The monoisotopic (exact) mass is 464 g/mol. The van der Waals surface area contributed by atoms with Crippen LogP contribution < -0.4 is 5.32 Å². The molecule has 0 bridgehead atoms. The number of thioether (sulfide) groups is 1. The van der Waals surface area contributed by atoms with Gasteiger partial charge in [-0.25, -0.2) is 9.97 Å². The van der Waals surface area contributed by atoms with Crippen LogP contribution in [0.5, 0.6) is 0 Å². The van der Waals surface area contributed by atoms with Gasteiger partial charge in [0.1, 0.15) is 5.69 Å². The molecule has 0 aliphatic carbocycles. The first-order chi connectivity index (χ1) is 15.2. The van der Waals surface area contributed by atoms with E-state index in [-0.39, 0.29) is 5.91 Å². The van der Waals surface area contributed by atoms with Gasteiger partial charge in [-0.2, -0.15) is 0 Å². The fourth-order valence-electron chi connectivity index (χ4n) is 2.63. The summed E-state index contributed by atoms with van der Waals surface area (Å²) in [6, 6.07) is 20.9. The van der Waals surface area contributed by atoms with Crippen molar-refractivity contribution in [2.75, 3.05) is 5.32 Å². The van der Waals surface area contributed by atoms with E-state index in [1.54, 1.807) is 30.7 Å². The number of hydrogen-bond acceptors (Lipinski definition) is 6. The van der Waals surface area contributed by atoms with E-state index in [0.717, 1.165) is 10.5 Å². The van der Waals surface area contributed by atoms with Gasteiger partial charge in [-0.05, 0) is 42.0 Å². The third-order valence-corrected chi connectivity index (χ3v) is 6.35. The number of anilines is 1. The van der Waals surface area contributed by atoms with Crippen molar-refractivity contribution in [2.45, 2.75) is 20.7 Å². The van der Waals surface area contributed by atoms with Crippen LogP contribution >= 0.6 is 35.1 Å². The Hall–Kier alpha value is -2.87. The Labute approximate surface area is 193 Å². The number of hydrogen-bond donors (Lipinski definition) is 1. The standard InChI is InChI=1S/C23H17ClN4OS2/c24-17-8-6-16(7-9-17)15-30-23-26-14-20(31-19-4-2-1-3-5-19)21(28-23)22(29)27-18-10-12-25-13-11-18/h1-14H,15H2,(H,25,27,29). The zero-order valence-electron chi connectivity index (χ0n) is 16.2. The predicted octanol–water partition coefficient (Wildman–Crippen LogP) is 6.22. The van der Waals surface area contributed by atoms with E-state index in [0.29, 0.717) is 32.2 Å². The average molecular weight is 465 g/mol. The van der Waals surface area contributed by atoms with Crippen LogP contribution in [0.15, 0.2) is 100 Å². The second kappa shape index (κ2) is 10.4. The largest absolute Gasteiger partial charge is 0.321 e. The molecule has 4 aromatic rings. The molecule has 2 heterocycles. The summed E-state index contributed by atoms with van der Waals surface area (Å²) in [7, 11) is 0. The lowest BCUT2D eigenvalue weighted by atomic mass is 10.2. The summed E-state index contributed by atoms with van der Waals surface area (Å²) in [5, 5.41) is 4.12. The molecule has 2 aromatic heterocycles. The van der Waals surface area contributed by atoms with Gasteiger partial charge in [0.2, 0.25) is 0 Å². The van der Waals surface area contributed by atoms with E-state index in [9.17, 15) is 4.79 Å². The van der Waals surface area contributed by atoms with Crippen molar-refractivity contribution in [3.8, 4) is 0 Å². The van der Waals surface area contributed by atoms with Gasteiger partial charge in [-0.1, -0.05) is 65.5 Å². The van der Waals surface area contributed by atoms with Crippen molar-refractivity contribution in [3.63, 3.8) is 0 Å². The minimum absolute atomic E-state index is 0.291. The normalized spacial score (nSPS) is 10.6. The summed E-state index contributed by atoms with van der Waals surface area (Å²) >= 11 is 8.88. The van der Waals surface area contributed by atoms with Crippen molar-refractivity contribution in [2.24, 2.45) is 0 Å². The molecular formula is C23H17ClN4OS2. The van der Waals surface area contributed by atoms with E-state index < -0.39 is 0 Å². The number of rotatable bonds is 7. The minimum Gasteiger partial charge on any atom is -0.321 e. The fourth-order valence-corrected chi connectivity index (χ4v) is 4.42. The maximum absolute atomic E-state index is 13.0. The molecule has 31 heavy (non-hydrogen) atoms. The molecule has 0 unspecified atom stereocenters. The molecular weight excluding hydrogens is 448 g/mol. The third kappa shape index (κ3) is 6.07. The van der Waals surface area contributed by atoms with Crippen molar-refractivity contribution >= 4 is 46.7 Å². The second-order valence-electron chi connectivity index (χ2n) is 6.39. The molecule has 0 spiro atoms. The second-order valence-corrected chi connectivity index (χ2v) is 8.88. The van der Waals surface area contributed by atoms with Crippen molar-refractivity contribution in [1.82, 2.24) is 15.0 Å². The van der Waals surface area contributed by atoms with Crippen LogP contribution in [0.25, 0.3) is 0 Å². The summed E-state index contributed by atoms with van der Waals surface area (Å²) < 4.78 is 0. The van der Waals surface area contributed by atoms with Gasteiger partial charge in [0.15, 0.2) is 5.16 Å². The average Bonchev–Trinajstić information content (AvgIpc) is 2.81. The topological polar surface area (TPSA) is 67.8 Å². The molecule has 1 amide bonds. The Kier molecular flexibility index (Phi) is 7.19. The highest BCUT2D eigenvalue weighted by molar-refractivity contribution is 7.99. The number of carbonyl (C=O) groups excluding carboxylic acids is 1. The Bertz CT molecular complexity index is 1160. The smallest absolute Gasteiger partial charge is 0.275 e. The van der Waals surface area contributed by atoms with E-state index in [1.165, 1.54) is 23.5 Å². The lowest BCUT2D eigenvalue weighted by Gasteiger charge is -2.10. The number of benzene rings is 2. The molecule has 154 valence electrons. The maximum atomic E-state index is 13.0. The number of nitrogens with one attached hydrogen (secondary N) is 1. The number of carbonyl (C=O) groups is 1.